The van der Waals surface area contributed by atoms with Crippen LogP contribution in [0, 0.1) is 11.4 Å². The number of hydrogen-bond donors (Lipinski definition) is 0. The molecule has 0 N–H and O–H groups in total. The molecule has 2 saturated heterocycles. The Bertz CT molecular complexity index is 259. The van der Waals surface area contributed by atoms with Crippen LogP contribution in [0.25, 0.3) is 0 Å². The van der Waals surface area contributed by atoms with Gasteiger partial charge in [-0.25, -0.2) is 0 Å². The van der Waals surface area contributed by atoms with Gasteiger partial charge in [0.05, 0.1) is 0 Å². The maximum Gasteiger partial charge on any atom is 0.236 e. The maximum atomic E-state index is 3.68. The molecule has 82 valence electrons. The average Bonchev–Trinajstić information content (AvgIpc) is 2.12. The van der Waals surface area contributed by atoms with Crippen LogP contribution >= 0.6 is 0 Å². The van der Waals surface area contributed by atoms with Gasteiger partial charge in [-0.05, 0) is 11.6 Å². The maximum absolute atomic E-state index is 3.68. The van der Waals surface area contributed by atoms with Crippen LogP contribution in [0.2, 0.25) is 31.3 Å². The molecule has 2 aliphatic heterocycles. The van der Waals surface area contributed by atoms with Crippen LogP contribution in [0.15, 0.2) is 0 Å². The van der Waals surface area contributed by atoms with Crippen molar-refractivity contribution in [2.75, 3.05) is 0 Å². The van der Waals surface area contributed by atoms with Crippen molar-refractivity contribution < 1.29 is 0 Å². The molecule has 2 aliphatic rings. The van der Waals surface area contributed by atoms with Crippen LogP contribution in [0.3, 0.4) is 0 Å². The quantitative estimate of drug-likeness (QED) is 0.425. The zero-order valence-electron chi connectivity index (χ0n) is 10.5. The van der Waals surface area contributed by atoms with E-state index in [-0.39, 0.29) is 0 Å². The van der Waals surface area contributed by atoms with Crippen molar-refractivity contribution in [3.05, 3.63) is 0 Å². The van der Waals surface area contributed by atoms with E-state index in [4.69, 9.17) is 0 Å². The molecule has 2 fully saturated rings. The van der Waals surface area contributed by atoms with Gasteiger partial charge in [0, 0.05) is 0 Å². The van der Waals surface area contributed by atoms with Crippen molar-refractivity contribution in [2.45, 2.75) is 69.8 Å². The molecule has 2 bridgehead atoms. The molecule has 0 aromatic carbocycles. The fourth-order valence-corrected chi connectivity index (χ4v) is 3.81. The summed E-state index contributed by atoms with van der Waals surface area (Å²) >= 11 is 0. The third kappa shape index (κ3) is 2.91. The Morgan fingerprint density at radius 2 is 1.40 bits per heavy atom. The zero-order valence-corrected chi connectivity index (χ0v) is 11.5. The minimum absolute atomic E-state index is 0.777. The smallest absolute Gasteiger partial charge is 0.162 e. The molecule has 2 heteroatoms. The molecule has 0 atom stereocenters. The minimum Gasteiger partial charge on any atom is -0.162 e. The van der Waals surface area contributed by atoms with E-state index in [1.807, 2.05) is 0 Å². The molecule has 0 aromatic rings. The minimum atomic E-state index is -1.15. The lowest BCUT2D eigenvalue weighted by atomic mass is 9.28. The first-order chi connectivity index (χ1) is 7.06. The molecule has 0 nitrogen and oxygen atoms in total. The first kappa shape index (κ1) is 11.3. The summed E-state index contributed by atoms with van der Waals surface area (Å²) in [5, 5.41) is 0. The van der Waals surface area contributed by atoms with E-state index in [9.17, 15) is 0 Å². The van der Waals surface area contributed by atoms with E-state index in [0.29, 0.717) is 0 Å². The van der Waals surface area contributed by atoms with Gasteiger partial charge in [-0.3, -0.25) is 0 Å². The van der Waals surface area contributed by atoms with Gasteiger partial charge in [-0.1, -0.05) is 58.2 Å². The summed E-state index contributed by atoms with van der Waals surface area (Å²) in [7, 11) is -1.15. The van der Waals surface area contributed by atoms with Crippen LogP contribution in [0.1, 0.15) is 38.5 Å². The van der Waals surface area contributed by atoms with Crippen LogP contribution < -0.4 is 0 Å². The normalized spacial score (nSPS) is 30.7. The van der Waals surface area contributed by atoms with Crippen molar-refractivity contribution >= 4 is 14.8 Å². The standard InChI is InChI=1S/C13H23BSi/c1-15(2,3)11-10-14-12-6-4-7-13(14)9-5-8-12/h12-13H,4-9H2,1-3H3. The van der Waals surface area contributed by atoms with Crippen molar-refractivity contribution in [3.63, 3.8) is 0 Å². The molecule has 2 heterocycles. The second-order valence-corrected chi connectivity index (χ2v) is 11.2. The van der Waals surface area contributed by atoms with E-state index in [1.54, 1.807) is 0 Å². The Hall–Kier alpha value is -0.158. The van der Waals surface area contributed by atoms with Gasteiger partial charge < -0.3 is 0 Å². The highest BCUT2D eigenvalue weighted by Crippen LogP contribution is 2.45. The Kier molecular flexibility index (Phi) is 3.30. The second kappa shape index (κ2) is 4.38. The number of rotatable bonds is 0. The molecule has 0 aromatic heterocycles. The van der Waals surface area contributed by atoms with Crippen LogP contribution in [-0.4, -0.2) is 14.8 Å². The number of hydrogen-bond acceptors (Lipinski definition) is 0. The highest BCUT2D eigenvalue weighted by atomic mass is 28.3. The molecular weight excluding hydrogens is 195 g/mol. The summed E-state index contributed by atoms with van der Waals surface area (Å²) in [6.45, 7) is 7.86. The summed E-state index contributed by atoms with van der Waals surface area (Å²) in [6.07, 6.45) is 8.78. The molecule has 2 rings (SSSR count). The van der Waals surface area contributed by atoms with Crippen molar-refractivity contribution in [2.24, 2.45) is 0 Å². The van der Waals surface area contributed by atoms with E-state index in [1.165, 1.54) is 38.5 Å². The predicted octanol–water partition coefficient (Wildman–Crippen LogP) is 4.01. The Morgan fingerprint density at radius 1 is 0.933 bits per heavy atom. The third-order valence-corrected chi connectivity index (χ3v) is 4.82. The van der Waals surface area contributed by atoms with Gasteiger partial charge in [-0.2, -0.15) is 5.82 Å². The molecule has 0 radical (unpaired) electrons. The lowest BCUT2D eigenvalue weighted by Crippen LogP contribution is -2.34. The first-order valence-corrected chi connectivity index (χ1v) is 10.1. The van der Waals surface area contributed by atoms with Crippen molar-refractivity contribution in [1.29, 1.82) is 0 Å². The fraction of sp³-hybridized carbons (Fsp3) is 0.846. The lowest BCUT2D eigenvalue weighted by Gasteiger charge is -2.37. The molecule has 0 amide bonds. The van der Waals surface area contributed by atoms with Crippen LogP contribution in [-0.2, 0) is 0 Å². The molecule has 0 saturated carbocycles. The first-order valence-electron chi connectivity index (χ1n) is 6.59. The second-order valence-electron chi connectivity index (χ2n) is 6.43. The van der Waals surface area contributed by atoms with Crippen molar-refractivity contribution in [1.82, 2.24) is 0 Å². The molecule has 15 heavy (non-hydrogen) atoms. The summed E-state index contributed by atoms with van der Waals surface area (Å²) < 4.78 is 0. The van der Waals surface area contributed by atoms with Gasteiger partial charge >= 0.3 is 0 Å². The lowest BCUT2D eigenvalue weighted by molar-refractivity contribution is 0.448. The van der Waals surface area contributed by atoms with Gasteiger partial charge in [0.1, 0.15) is 8.07 Å². The average molecular weight is 218 g/mol. The third-order valence-electron chi connectivity index (χ3n) is 3.93. The molecular formula is C13H23BSi. The SMILES string of the molecule is C[Si](C)(C)C#CB1C2CCCC1CCC2. The Balaban J connectivity index is 2.09. The predicted molar refractivity (Wildman–Crippen MR) is 72.1 cm³/mol. The summed E-state index contributed by atoms with van der Waals surface area (Å²) in [5.41, 5.74) is 3.61. The highest BCUT2D eigenvalue weighted by Gasteiger charge is 2.38. The van der Waals surface area contributed by atoms with Crippen LogP contribution in [0.5, 0.6) is 0 Å². The molecule has 0 spiro atoms. The van der Waals surface area contributed by atoms with E-state index in [0.717, 1.165) is 18.3 Å². The van der Waals surface area contributed by atoms with Gasteiger partial charge in [0.15, 0.2) is 0 Å². The summed E-state index contributed by atoms with van der Waals surface area (Å²) in [5.74, 6) is 5.59. The molecule has 0 unspecified atom stereocenters. The van der Waals surface area contributed by atoms with E-state index < -0.39 is 8.07 Å². The van der Waals surface area contributed by atoms with Gasteiger partial charge in [-0.15, -0.1) is 5.54 Å². The van der Waals surface area contributed by atoms with Crippen molar-refractivity contribution in [3.8, 4) is 11.4 Å². The highest BCUT2D eigenvalue weighted by molar-refractivity contribution is 6.85. The Morgan fingerprint density at radius 3 is 1.80 bits per heavy atom. The van der Waals surface area contributed by atoms with E-state index in [2.05, 4.69) is 31.0 Å². The van der Waals surface area contributed by atoms with Crippen LogP contribution in [0.4, 0.5) is 0 Å². The topological polar surface area (TPSA) is 0 Å². The zero-order chi connectivity index (χ0) is 10.9. The number of fused-ring (bicyclic) bond motifs is 2. The van der Waals surface area contributed by atoms with Gasteiger partial charge in [0.2, 0.25) is 6.71 Å². The molecule has 0 aliphatic carbocycles. The summed E-state index contributed by atoms with van der Waals surface area (Å²) in [4.78, 5) is 0. The van der Waals surface area contributed by atoms with Gasteiger partial charge in [0.25, 0.3) is 0 Å². The Labute approximate surface area is 96.3 Å². The monoisotopic (exact) mass is 218 g/mol. The summed E-state index contributed by atoms with van der Waals surface area (Å²) in [6, 6.07) is 0. The fourth-order valence-electron chi connectivity index (χ4n) is 3.21. The largest absolute Gasteiger partial charge is 0.236 e. The van der Waals surface area contributed by atoms with E-state index >= 15 is 0 Å².